The van der Waals surface area contributed by atoms with E-state index < -0.39 is 0 Å². The molecule has 0 N–H and O–H groups in total. The summed E-state index contributed by atoms with van der Waals surface area (Å²) < 4.78 is 0. The molecular formula is C14H16N2O2. The van der Waals surface area contributed by atoms with Crippen LogP contribution in [0.15, 0.2) is 34.3 Å². The Labute approximate surface area is 106 Å². The van der Waals surface area contributed by atoms with Crippen molar-refractivity contribution >= 4 is 12.2 Å². The lowest BCUT2D eigenvalue weighted by Gasteiger charge is -2.18. The normalized spacial score (nSPS) is 13.0. The molecule has 0 aliphatic heterocycles. The molecule has 18 heavy (non-hydrogen) atoms. The fourth-order valence-electron chi connectivity index (χ4n) is 1.95. The maximum absolute atomic E-state index is 10.2. The van der Waals surface area contributed by atoms with Crippen molar-refractivity contribution < 1.29 is 9.59 Å². The van der Waals surface area contributed by atoms with Crippen molar-refractivity contribution in [2.45, 2.75) is 25.7 Å². The summed E-state index contributed by atoms with van der Waals surface area (Å²) >= 11 is 0. The molecule has 0 fully saturated rings. The Bertz CT molecular complexity index is 441. The number of hydrogen-bond donors (Lipinski definition) is 0. The van der Waals surface area contributed by atoms with E-state index in [4.69, 9.17) is 0 Å². The highest BCUT2D eigenvalue weighted by Gasteiger charge is 2.14. The maximum Gasteiger partial charge on any atom is 0.234 e. The lowest BCUT2D eigenvalue weighted by Crippen LogP contribution is -2.07. The summed E-state index contributed by atoms with van der Waals surface area (Å²) in [6, 6.07) is 7.94. The van der Waals surface area contributed by atoms with E-state index in [-0.39, 0.29) is 11.8 Å². The smallest absolute Gasteiger partial charge is 0.211 e. The predicted molar refractivity (Wildman–Crippen MR) is 69.2 cm³/mol. The number of nitrogens with zero attached hydrogens (tertiary/aromatic N) is 2. The highest BCUT2D eigenvalue weighted by atomic mass is 16.1. The molecule has 1 aromatic carbocycles. The van der Waals surface area contributed by atoms with E-state index in [1.54, 1.807) is 12.2 Å². The SMILES string of the molecule is CC(CN=C=O)c1ccccc1C(C)CN=C=O. The van der Waals surface area contributed by atoms with Crippen LogP contribution in [-0.4, -0.2) is 25.2 Å². The average molecular weight is 244 g/mol. The topological polar surface area (TPSA) is 58.9 Å². The average Bonchev–Trinajstić information content (AvgIpc) is 2.42. The number of isocyanates is 2. The Morgan fingerprint density at radius 3 is 1.67 bits per heavy atom. The second kappa shape index (κ2) is 7.33. The fourth-order valence-corrected chi connectivity index (χ4v) is 1.95. The first kappa shape index (κ1) is 14.0. The van der Waals surface area contributed by atoms with Crippen molar-refractivity contribution in [2.75, 3.05) is 13.1 Å². The summed E-state index contributed by atoms with van der Waals surface area (Å²) in [5.41, 5.74) is 2.26. The minimum absolute atomic E-state index is 0.144. The number of benzene rings is 1. The molecule has 0 amide bonds. The van der Waals surface area contributed by atoms with Gasteiger partial charge in [0.25, 0.3) is 0 Å². The van der Waals surface area contributed by atoms with E-state index >= 15 is 0 Å². The zero-order valence-electron chi connectivity index (χ0n) is 10.6. The molecule has 4 nitrogen and oxygen atoms in total. The van der Waals surface area contributed by atoms with Crippen LogP contribution in [0.5, 0.6) is 0 Å². The third-order valence-electron chi connectivity index (χ3n) is 2.92. The summed E-state index contributed by atoms with van der Waals surface area (Å²) in [5.74, 6) is 0.288. The fraction of sp³-hybridized carbons (Fsp3) is 0.429. The van der Waals surface area contributed by atoms with Crippen LogP contribution >= 0.6 is 0 Å². The quantitative estimate of drug-likeness (QED) is 0.570. The molecule has 0 aliphatic rings. The highest BCUT2D eigenvalue weighted by Crippen LogP contribution is 2.26. The first-order valence-electron chi connectivity index (χ1n) is 5.86. The van der Waals surface area contributed by atoms with E-state index in [1.165, 1.54) is 0 Å². The van der Waals surface area contributed by atoms with E-state index in [9.17, 15) is 9.59 Å². The van der Waals surface area contributed by atoms with Crippen LogP contribution in [0.2, 0.25) is 0 Å². The summed E-state index contributed by atoms with van der Waals surface area (Å²) in [5, 5.41) is 0. The summed E-state index contributed by atoms with van der Waals surface area (Å²) in [7, 11) is 0. The Hall–Kier alpha value is -2.02. The minimum atomic E-state index is 0.144. The van der Waals surface area contributed by atoms with Crippen LogP contribution in [-0.2, 0) is 9.59 Å². The van der Waals surface area contributed by atoms with Crippen LogP contribution in [0.4, 0.5) is 0 Å². The predicted octanol–water partition coefficient (Wildman–Crippen LogP) is 2.57. The first-order valence-corrected chi connectivity index (χ1v) is 5.86. The summed E-state index contributed by atoms with van der Waals surface area (Å²) in [6.45, 7) is 4.86. The van der Waals surface area contributed by atoms with E-state index in [0.717, 1.165) is 11.1 Å². The molecule has 0 aliphatic carbocycles. The van der Waals surface area contributed by atoms with Gasteiger partial charge < -0.3 is 0 Å². The molecule has 2 atom stereocenters. The zero-order chi connectivity index (χ0) is 13.4. The largest absolute Gasteiger partial charge is 0.234 e. The summed E-state index contributed by atoms with van der Waals surface area (Å²) in [4.78, 5) is 27.5. The van der Waals surface area contributed by atoms with Gasteiger partial charge in [0, 0.05) is 11.8 Å². The van der Waals surface area contributed by atoms with Crippen molar-refractivity contribution in [1.29, 1.82) is 0 Å². The third-order valence-corrected chi connectivity index (χ3v) is 2.92. The standard InChI is InChI=1S/C14H16N2O2/c1-11(7-15-9-17)13-5-3-4-6-14(13)12(2)8-16-10-18/h3-6,11-12H,7-8H2,1-2H3. The van der Waals surface area contributed by atoms with Gasteiger partial charge in [-0.3, -0.25) is 0 Å². The van der Waals surface area contributed by atoms with Gasteiger partial charge in [0.1, 0.15) is 0 Å². The van der Waals surface area contributed by atoms with Crippen LogP contribution in [0.1, 0.15) is 36.8 Å². The van der Waals surface area contributed by atoms with Crippen molar-refractivity contribution in [1.82, 2.24) is 0 Å². The molecular weight excluding hydrogens is 228 g/mol. The molecule has 0 saturated carbocycles. The summed E-state index contributed by atoms with van der Waals surface area (Å²) in [6.07, 6.45) is 3.11. The van der Waals surface area contributed by atoms with Crippen LogP contribution < -0.4 is 0 Å². The number of aliphatic imine (C=N–C) groups is 2. The van der Waals surface area contributed by atoms with Crippen LogP contribution in [0.3, 0.4) is 0 Å². The molecule has 1 aromatic rings. The molecule has 0 aromatic heterocycles. The van der Waals surface area contributed by atoms with Crippen LogP contribution in [0.25, 0.3) is 0 Å². The van der Waals surface area contributed by atoms with Gasteiger partial charge in [-0.1, -0.05) is 38.1 Å². The van der Waals surface area contributed by atoms with Crippen molar-refractivity contribution in [3.8, 4) is 0 Å². The second-order valence-electron chi connectivity index (χ2n) is 4.29. The molecule has 0 radical (unpaired) electrons. The lowest BCUT2D eigenvalue weighted by molar-refractivity contribution is 0.559. The van der Waals surface area contributed by atoms with E-state index in [1.807, 2.05) is 38.1 Å². The van der Waals surface area contributed by atoms with Crippen molar-refractivity contribution in [3.05, 3.63) is 35.4 Å². The first-order chi connectivity index (χ1) is 8.70. The Morgan fingerprint density at radius 1 is 0.944 bits per heavy atom. The van der Waals surface area contributed by atoms with E-state index in [2.05, 4.69) is 9.98 Å². The Morgan fingerprint density at radius 2 is 1.33 bits per heavy atom. The van der Waals surface area contributed by atoms with Crippen LogP contribution in [0, 0.1) is 0 Å². The monoisotopic (exact) mass is 244 g/mol. The van der Waals surface area contributed by atoms with Gasteiger partial charge >= 0.3 is 0 Å². The molecule has 4 heteroatoms. The highest BCUT2D eigenvalue weighted by molar-refractivity contribution is 5.37. The minimum Gasteiger partial charge on any atom is -0.211 e. The number of hydrogen-bond acceptors (Lipinski definition) is 4. The van der Waals surface area contributed by atoms with Gasteiger partial charge in [0.05, 0.1) is 13.1 Å². The second-order valence-corrected chi connectivity index (χ2v) is 4.29. The number of carbonyl (C=O) groups excluding carboxylic acids is 2. The molecule has 0 spiro atoms. The van der Waals surface area contributed by atoms with Gasteiger partial charge in [-0.05, 0) is 11.1 Å². The van der Waals surface area contributed by atoms with E-state index in [0.29, 0.717) is 13.1 Å². The molecule has 0 heterocycles. The van der Waals surface area contributed by atoms with Gasteiger partial charge in [0.15, 0.2) is 0 Å². The lowest BCUT2D eigenvalue weighted by atomic mass is 9.89. The molecule has 1 rings (SSSR count). The van der Waals surface area contributed by atoms with Crippen molar-refractivity contribution in [2.24, 2.45) is 9.98 Å². The van der Waals surface area contributed by atoms with Gasteiger partial charge in [-0.25, -0.2) is 19.6 Å². The van der Waals surface area contributed by atoms with Gasteiger partial charge in [0.2, 0.25) is 12.2 Å². The van der Waals surface area contributed by atoms with Gasteiger partial charge in [-0.2, -0.15) is 0 Å². The number of rotatable bonds is 6. The van der Waals surface area contributed by atoms with Gasteiger partial charge in [-0.15, -0.1) is 0 Å². The molecule has 94 valence electrons. The Balaban J connectivity index is 2.97. The van der Waals surface area contributed by atoms with Crippen molar-refractivity contribution in [3.63, 3.8) is 0 Å². The molecule has 0 bridgehead atoms. The zero-order valence-corrected chi connectivity index (χ0v) is 10.6. The molecule has 2 unspecified atom stereocenters. The Kier molecular flexibility index (Phi) is 5.72. The maximum atomic E-state index is 10.2. The molecule has 0 saturated heterocycles. The third kappa shape index (κ3) is 3.77.